The van der Waals surface area contributed by atoms with Crippen molar-refractivity contribution in [2.75, 3.05) is 0 Å². The van der Waals surface area contributed by atoms with Gasteiger partial charge in [0.1, 0.15) is 6.20 Å². The number of nitrogens with zero attached hydrogens (tertiary/aromatic N) is 2. The molecule has 0 fully saturated rings. The second-order valence-corrected chi connectivity index (χ2v) is 3.26. The molecule has 86 valence electrons. The maximum atomic E-state index is 13.4. The van der Waals surface area contributed by atoms with Crippen molar-refractivity contribution in [2.24, 2.45) is 0 Å². The van der Waals surface area contributed by atoms with Crippen molar-refractivity contribution in [2.45, 2.75) is 0 Å². The summed E-state index contributed by atoms with van der Waals surface area (Å²) in [5.41, 5.74) is 0.306. The van der Waals surface area contributed by atoms with Crippen LogP contribution in [0.4, 0.5) is 14.6 Å². The van der Waals surface area contributed by atoms with Crippen LogP contribution in [0.3, 0.4) is 0 Å². The Labute approximate surface area is 94.7 Å². The molecule has 0 spiro atoms. The van der Waals surface area contributed by atoms with Crippen molar-refractivity contribution >= 4 is 5.82 Å². The summed E-state index contributed by atoms with van der Waals surface area (Å²) in [6, 6.07) is 6.19. The van der Waals surface area contributed by atoms with Gasteiger partial charge in [0.2, 0.25) is 0 Å². The van der Waals surface area contributed by atoms with E-state index in [0.717, 1.165) is 18.3 Å². The van der Waals surface area contributed by atoms with Gasteiger partial charge in [-0.3, -0.25) is 0 Å². The minimum atomic E-state index is -0.997. The lowest BCUT2D eigenvalue weighted by molar-refractivity contribution is -0.389. The average molecular weight is 236 g/mol. The maximum absolute atomic E-state index is 13.4. The van der Waals surface area contributed by atoms with Crippen LogP contribution in [0.1, 0.15) is 0 Å². The van der Waals surface area contributed by atoms with Gasteiger partial charge in [0.25, 0.3) is 0 Å². The van der Waals surface area contributed by atoms with Gasteiger partial charge in [-0.1, -0.05) is 12.1 Å². The van der Waals surface area contributed by atoms with Crippen LogP contribution in [0.5, 0.6) is 0 Å². The van der Waals surface area contributed by atoms with Crippen LogP contribution in [0.2, 0.25) is 0 Å². The number of aromatic nitrogens is 1. The van der Waals surface area contributed by atoms with E-state index in [1.165, 1.54) is 18.2 Å². The van der Waals surface area contributed by atoms with E-state index in [-0.39, 0.29) is 16.9 Å². The SMILES string of the molecule is O=[N+]([O-])c1ccc(-c2cccc(F)c2F)cn1. The number of halogens is 2. The van der Waals surface area contributed by atoms with E-state index in [0.29, 0.717) is 0 Å². The van der Waals surface area contributed by atoms with Crippen LogP contribution >= 0.6 is 0 Å². The van der Waals surface area contributed by atoms with Crippen LogP contribution in [0.15, 0.2) is 36.5 Å². The van der Waals surface area contributed by atoms with Gasteiger partial charge in [0, 0.05) is 17.2 Å². The number of benzene rings is 1. The van der Waals surface area contributed by atoms with E-state index in [2.05, 4.69) is 4.98 Å². The van der Waals surface area contributed by atoms with Crippen molar-refractivity contribution in [1.82, 2.24) is 4.98 Å². The molecule has 4 nitrogen and oxygen atoms in total. The Hall–Kier alpha value is -2.37. The molecule has 0 atom stereocenters. The van der Waals surface area contributed by atoms with E-state index >= 15 is 0 Å². The molecule has 0 saturated heterocycles. The van der Waals surface area contributed by atoms with E-state index in [1.807, 2.05) is 0 Å². The summed E-state index contributed by atoms with van der Waals surface area (Å²) in [5.74, 6) is -2.31. The minimum Gasteiger partial charge on any atom is -0.358 e. The molecule has 0 radical (unpaired) electrons. The molecule has 0 N–H and O–H groups in total. The highest BCUT2D eigenvalue weighted by atomic mass is 19.2. The van der Waals surface area contributed by atoms with Gasteiger partial charge >= 0.3 is 5.82 Å². The molecule has 0 bridgehead atoms. The topological polar surface area (TPSA) is 56.0 Å². The van der Waals surface area contributed by atoms with Crippen molar-refractivity contribution in [3.63, 3.8) is 0 Å². The summed E-state index contributed by atoms with van der Waals surface area (Å²) in [6.45, 7) is 0. The standard InChI is InChI=1S/C11H6F2N2O2/c12-9-3-1-2-8(11(9)13)7-4-5-10(14-6-7)15(16)17/h1-6H. The van der Waals surface area contributed by atoms with Crippen molar-refractivity contribution in [3.05, 3.63) is 58.3 Å². The maximum Gasteiger partial charge on any atom is 0.363 e. The second kappa shape index (κ2) is 4.25. The predicted octanol–water partition coefficient (Wildman–Crippen LogP) is 2.94. The minimum absolute atomic E-state index is 0.0207. The largest absolute Gasteiger partial charge is 0.363 e. The summed E-state index contributed by atoms with van der Waals surface area (Å²) in [4.78, 5) is 13.3. The number of hydrogen-bond acceptors (Lipinski definition) is 3. The second-order valence-electron chi connectivity index (χ2n) is 3.26. The first-order valence-electron chi connectivity index (χ1n) is 4.64. The Bertz CT molecular complexity index is 570. The lowest BCUT2D eigenvalue weighted by Crippen LogP contribution is -1.93. The first-order chi connectivity index (χ1) is 8.09. The first kappa shape index (κ1) is 11.1. The van der Waals surface area contributed by atoms with Gasteiger partial charge in [0.05, 0.1) is 0 Å². The number of rotatable bonds is 2. The molecule has 2 rings (SSSR count). The normalized spacial score (nSPS) is 10.2. The molecular formula is C11H6F2N2O2. The molecule has 2 aromatic rings. The first-order valence-corrected chi connectivity index (χ1v) is 4.64. The average Bonchev–Trinajstić information content (AvgIpc) is 2.33. The molecule has 0 aliphatic carbocycles. The Balaban J connectivity index is 2.47. The Kier molecular flexibility index (Phi) is 2.78. The third kappa shape index (κ3) is 2.10. The zero-order chi connectivity index (χ0) is 12.4. The Morgan fingerprint density at radius 2 is 1.94 bits per heavy atom. The summed E-state index contributed by atoms with van der Waals surface area (Å²) in [6.07, 6.45) is 1.13. The lowest BCUT2D eigenvalue weighted by atomic mass is 10.1. The summed E-state index contributed by atoms with van der Waals surface area (Å²) in [7, 11) is 0. The molecule has 1 heterocycles. The molecule has 0 amide bonds. The monoisotopic (exact) mass is 236 g/mol. The van der Waals surface area contributed by atoms with E-state index < -0.39 is 16.6 Å². The van der Waals surface area contributed by atoms with E-state index in [4.69, 9.17) is 0 Å². The van der Waals surface area contributed by atoms with Gasteiger partial charge < -0.3 is 10.1 Å². The molecule has 1 aromatic heterocycles. The summed E-state index contributed by atoms with van der Waals surface area (Å²) < 4.78 is 26.4. The highest BCUT2D eigenvalue weighted by Crippen LogP contribution is 2.24. The molecule has 0 aliphatic rings. The fraction of sp³-hybridized carbons (Fsp3) is 0. The van der Waals surface area contributed by atoms with Crippen molar-refractivity contribution < 1.29 is 13.7 Å². The van der Waals surface area contributed by atoms with Crippen LogP contribution in [-0.2, 0) is 0 Å². The van der Waals surface area contributed by atoms with Gasteiger partial charge in [-0.25, -0.2) is 8.78 Å². The highest BCUT2D eigenvalue weighted by molar-refractivity contribution is 5.63. The lowest BCUT2D eigenvalue weighted by Gasteiger charge is -2.01. The van der Waals surface area contributed by atoms with Crippen molar-refractivity contribution in [3.8, 4) is 11.1 Å². The molecule has 1 aromatic carbocycles. The van der Waals surface area contributed by atoms with Gasteiger partial charge in [-0.2, -0.15) is 0 Å². The van der Waals surface area contributed by atoms with E-state index in [9.17, 15) is 18.9 Å². The molecule has 17 heavy (non-hydrogen) atoms. The smallest absolute Gasteiger partial charge is 0.358 e. The van der Waals surface area contributed by atoms with Crippen LogP contribution in [0.25, 0.3) is 11.1 Å². The predicted molar refractivity (Wildman–Crippen MR) is 56.2 cm³/mol. The zero-order valence-corrected chi connectivity index (χ0v) is 8.43. The van der Waals surface area contributed by atoms with Gasteiger partial charge in [-0.15, -0.1) is 0 Å². The highest BCUT2D eigenvalue weighted by Gasteiger charge is 2.13. The Morgan fingerprint density at radius 3 is 2.53 bits per heavy atom. The third-order valence-corrected chi connectivity index (χ3v) is 2.20. The molecule has 6 heteroatoms. The molecular weight excluding hydrogens is 230 g/mol. The molecule has 0 saturated carbocycles. The van der Waals surface area contributed by atoms with Crippen LogP contribution in [0, 0.1) is 21.7 Å². The number of hydrogen-bond donors (Lipinski definition) is 0. The van der Waals surface area contributed by atoms with Crippen molar-refractivity contribution in [1.29, 1.82) is 0 Å². The fourth-order valence-corrected chi connectivity index (χ4v) is 1.38. The van der Waals surface area contributed by atoms with E-state index in [1.54, 1.807) is 0 Å². The van der Waals surface area contributed by atoms with Crippen LogP contribution in [-0.4, -0.2) is 9.91 Å². The zero-order valence-electron chi connectivity index (χ0n) is 8.43. The molecule has 0 unspecified atom stereocenters. The number of nitro groups is 1. The Morgan fingerprint density at radius 1 is 1.18 bits per heavy atom. The third-order valence-electron chi connectivity index (χ3n) is 2.20. The number of pyridine rings is 1. The molecule has 0 aliphatic heterocycles. The fourth-order valence-electron chi connectivity index (χ4n) is 1.38. The summed E-state index contributed by atoms with van der Waals surface area (Å²) >= 11 is 0. The summed E-state index contributed by atoms with van der Waals surface area (Å²) in [5, 5.41) is 10.4. The van der Waals surface area contributed by atoms with Gasteiger partial charge in [0.15, 0.2) is 11.6 Å². The quantitative estimate of drug-likeness (QED) is 0.595. The van der Waals surface area contributed by atoms with Gasteiger partial charge in [-0.05, 0) is 22.0 Å². The van der Waals surface area contributed by atoms with Crippen LogP contribution < -0.4 is 0 Å².